The third-order valence-electron chi connectivity index (χ3n) is 8.92. The first-order chi connectivity index (χ1) is 21.0. The molecule has 1 atom stereocenters. The first-order valence-electron chi connectivity index (χ1n) is 14.6. The standard InChI is InChI=1S/C39H30NOPS/c1-39(2)31-17-9-10-18-33(31)40(29-13-5-3-6-14-29)34-23-21-27(25-32(34)39)28-22-24-38-36(26-28)42(41,30-15-7-4-8-16-30)35-19-11-12-20-37(35)43-38/h3-26H,1-2H3. The Morgan fingerprint density at radius 3 is 1.98 bits per heavy atom. The van der Waals surface area contributed by atoms with Crippen LogP contribution in [0.4, 0.5) is 17.1 Å². The van der Waals surface area contributed by atoms with Crippen LogP contribution >= 0.6 is 18.9 Å². The van der Waals surface area contributed by atoms with Crippen molar-refractivity contribution in [2.24, 2.45) is 0 Å². The fourth-order valence-electron chi connectivity index (χ4n) is 6.74. The van der Waals surface area contributed by atoms with Gasteiger partial charge in [-0.3, -0.25) is 0 Å². The van der Waals surface area contributed by atoms with Crippen LogP contribution in [0.1, 0.15) is 25.0 Å². The third kappa shape index (κ3) is 3.99. The van der Waals surface area contributed by atoms with Gasteiger partial charge in [0, 0.05) is 36.8 Å². The lowest BCUT2D eigenvalue weighted by atomic mass is 9.73. The highest BCUT2D eigenvalue weighted by Crippen LogP contribution is 2.54. The van der Waals surface area contributed by atoms with Crippen molar-refractivity contribution >= 4 is 51.9 Å². The van der Waals surface area contributed by atoms with E-state index in [4.69, 9.17) is 0 Å². The molecule has 0 saturated carbocycles. The summed E-state index contributed by atoms with van der Waals surface area (Å²) in [7, 11) is -3.06. The molecule has 0 spiro atoms. The molecule has 2 heterocycles. The number of hydrogen-bond acceptors (Lipinski definition) is 3. The summed E-state index contributed by atoms with van der Waals surface area (Å²) in [4.78, 5) is 4.52. The lowest BCUT2D eigenvalue weighted by molar-refractivity contribution is 0.591. The van der Waals surface area contributed by atoms with Gasteiger partial charge in [0.2, 0.25) is 0 Å². The number of rotatable bonds is 3. The average molecular weight is 592 g/mol. The van der Waals surface area contributed by atoms with E-state index in [1.807, 2.05) is 48.5 Å². The van der Waals surface area contributed by atoms with Gasteiger partial charge in [0.25, 0.3) is 0 Å². The molecule has 0 N–H and O–H groups in total. The predicted octanol–water partition coefficient (Wildman–Crippen LogP) is 9.57. The monoisotopic (exact) mass is 591 g/mol. The van der Waals surface area contributed by atoms with E-state index in [2.05, 4.69) is 116 Å². The maximum absolute atomic E-state index is 15.3. The smallest absolute Gasteiger partial charge is 0.173 e. The Hall–Kier alpha value is -4.30. The van der Waals surface area contributed by atoms with E-state index in [0.717, 1.165) is 42.5 Å². The Bertz CT molecular complexity index is 2070. The van der Waals surface area contributed by atoms with Crippen molar-refractivity contribution in [3.8, 4) is 11.1 Å². The highest BCUT2D eigenvalue weighted by atomic mass is 32.2. The second-order valence-corrected chi connectivity index (χ2v) is 15.5. The van der Waals surface area contributed by atoms with Gasteiger partial charge < -0.3 is 9.46 Å². The van der Waals surface area contributed by atoms with Crippen LogP contribution in [0.5, 0.6) is 0 Å². The molecule has 0 amide bonds. The molecule has 2 nitrogen and oxygen atoms in total. The maximum atomic E-state index is 15.3. The third-order valence-corrected chi connectivity index (χ3v) is 13.5. The second kappa shape index (κ2) is 9.88. The van der Waals surface area contributed by atoms with Crippen molar-refractivity contribution < 1.29 is 4.57 Å². The fourth-order valence-corrected chi connectivity index (χ4v) is 11.4. The zero-order chi connectivity index (χ0) is 29.2. The Labute approximate surface area is 257 Å². The lowest BCUT2D eigenvalue weighted by Gasteiger charge is -2.42. The normalized spacial score (nSPS) is 17.8. The molecule has 43 heavy (non-hydrogen) atoms. The molecule has 2 aliphatic heterocycles. The molecule has 2 aliphatic rings. The summed E-state index contributed by atoms with van der Waals surface area (Å²) in [5, 5.41) is 2.73. The van der Waals surface area contributed by atoms with Crippen LogP contribution in [-0.2, 0) is 9.98 Å². The molecule has 4 heteroatoms. The van der Waals surface area contributed by atoms with Gasteiger partial charge in [0.05, 0.1) is 11.4 Å². The lowest BCUT2D eigenvalue weighted by Crippen LogP contribution is -2.31. The summed E-state index contributed by atoms with van der Waals surface area (Å²) < 4.78 is 15.3. The minimum absolute atomic E-state index is 0.199. The number of anilines is 3. The molecule has 0 aromatic heterocycles. The second-order valence-electron chi connectivity index (χ2n) is 11.7. The minimum atomic E-state index is -3.06. The summed E-state index contributed by atoms with van der Waals surface area (Å²) in [6, 6.07) is 50.9. The number of para-hydroxylation sites is 2. The first-order valence-corrected chi connectivity index (χ1v) is 17.2. The maximum Gasteiger partial charge on any atom is 0.173 e. The summed E-state index contributed by atoms with van der Waals surface area (Å²) in [6.07, 6.45) is 0. The molecule has 0 fully saturated rings. The van der Waals surface area contributed by atoms with E-state index in [0.29, 0.717) is 0 Å². The highest BCUT2D eigenvalue weighted by Gasteiger charge is 2.39. The Morgan fingerprint density at radius 2 is 1.16 bits per heavy atom. The molecular weight excluding hydrogens is 561 g/mol. The largest absolute Gasteiger partial charge is 0.310 e. The highest BCUT2D eigenvalue weighted by molar-refractivity contribution is 8.02. The Morgan fingerprint density at radius 1 is 0.558 bits per heavy atom. The van der Waals surface area contributed by atoms with Gasteiger partial charge in [-0.15, -0.1) is 0 Å². The van der Waals surface area contributed by atoms with Crippen LogP contribution in [0.2, 0.25) is 0 Å². The van der Waals surface area contributed by atoms with Gasteiger partial charge >= 0.3 is 0 Å². The molecule has 0 aliphatic carbocycles. The van der Waals surface area contributed by atoms with Gasteiger partial charge in [-0.1, -0.05) is 117 Å². The summed E-state index contributed by atoms with van der Waals surface area (Å²) in [5.41, 5.74) is 8.14. The van der Waals surface area contributed by atoms with Crippen LogP contribution in [0, 0.1) is 0 Å². The number of benzene rings is 6. The van der Waals surface area contributed by atoms with Crippen LogP contribution < -0.4 is 20.8 Å². The van der Waals surface area contributed by atoms with E-state index in [1.54, 1.807) is 11.8 Å². The molecule has 6 aromatic rings. The van der Waals surface area contributed by atoms with Crippen molar-refractivity contribution in [3.05, 3.63) is 157 Å². The van der Waals surface area contributed by atoms with Gasteiger partial charge in [-0.25, -0.2) is 0 Å². The molecular formula is C39H30NOPS. The number of hydrogen-bond donors (Lipinski definition) is 0. The van der Waals surface area contributed by atoms with E-state index < -0.39 is 7.14 Å². The van der Waals surface area contributed by atoms with Crippen LogP contribution in [0.25, 0.3) is 11.1 Å². The molecule has 0 bridgehead atoms. The van der Waals surface area contributed by atoms with Gasteiger partial charge in [0.15, 0.2) is 7.14 Å². The van der Waals surface area contributed by atoms with Crippen LogP contribution in [0.15, 0.2) is 155 Å². The molecule has 0 saturated heterocycles. The average Bonchev–Trinajstić information content (AvgIpc) is 3.06. The SMILES string of the molecule is CC1(C)c2ccccc2N(c2ccccc2)c2ccc(-c3ccc4c(c3)P(=O)(c3ccccc3)c3ccccc3S4)cc21. The van der Waals surface area contributed by atoms with Crippen molar-refractivity contribution in [3.63, 3.8) is 0 Å². The quantitative estimate of drug-likeness (QED) is 0.191. The summed E-state index contributed by atoms with van der Waals surface area (Å²) >= 11 is 1.72. The van der Waals surface area contributed by atoms with Crippen molar-refractivity contribution in [1.82, 2.24) is 0 Å². The van der Waals surface area contributed by atoms with E-state index in [-0.39, 0.29) is 5.41 Å². The Balaban J connectivity index is 1.31. The van der Waals surface area contributed by atoms with Crippen molar-refractivity contribution in [2.45, 2.75) is 29.1 Å². The van der Waals surface area contributed by atoms with Gasteiger partial charge in [0.1, 0.15) is 0 Å². The van der Waals surface area contributed by atoms with Gasteiger partial charge in [-0.2, -0.15) is 0 Å². The number of fused-ring (bicyclic) bond motifs is 4. The first kappa shape index (κ1) is 26.3. The Kier molecular flexibility index (Phi) is 6.05. The molecule has 1 unspecified atom stereocenters. The predicted molar refractivity (Wildman–Crippen MR) is 182 cm³/mol. The van der Waals surface area contributed by atoms with Crippen LogP contribution in [-0.4, -0.2) is 0 Å². The van der Waals surface area contributed by atoms with Crippen molar-refractivity contribution in [1.29, 1.82) is 0 Å². The topological polar surface area (TPSA) is 20.3 Å². The molecule has 208 valence electrons. The fraction of sp³-hybridized carbons (Fsp3) is 0.0769. The molecule has 0 radical (unpaired) electrons. The zero-order valence-electron chi connectivity index (χ0n) is 24.1. The van der Waals surface area contributed by atoms with E-state index >= 15 is 4.57 Å². The zero-order valence-corrected chi connectivity index (χ0v) is 25.8. The number of nitrogens with zero attached hydrogens (tertiary/aromatic N) is 1. The molecule has 8 rings (SSSR count). The van der Waals surface area contributed by atoms with Crippen molar-refractivity contribution in [2.75, 3.05) is 4.90 Å². The van der Waals surface area contributed by atoms with Gasteiger partial charge in [-0.05, 0) is 76.9 Å². The van der Waals surface area contributed by atoms with E-state index in [9.17, 15) is 0 Å². The van der Waals surface area contributed by atoms with E-state index in [1.165, 1.54) is 22.5 Å². The summed E-state index contributed by atoms with van der Waals surface area (Å²) in [6.45, 7) is 4.64. The summed E-state index contributed by atoms with van der Waals surface area (Å²) in [5.74, 6) is 0. The van der Waals surface area contributed by atoms with Crippen LogP contribution in [0.3, 0.4) is 0 Å². The molecule has 6 aromatic carbocycles. The minimum Gasteiger partial charge on any atom is -0.310 e.